The van der Waals surface area contributed by atoms with Gasteiger partial charge in [-0.25, -0.2) is 14.8 Å². The number of carbonyl (C=O) groups is 1. The van der Waals surface area contributed by atoms with Crippen LogP contribution in [0.2, 0.25) is 0 Å². The lowest BCUT2D eigenvalue weighted by atomic mass is 9.96. The molecule has 1 atom stereocenters. The molecule has 0 unspecified atom stereocenters. The molecule has 1 heterocycles. The second kappa shape index (κ2) is 7.88. The molecule has 2 amide bonds. The van der Waals surface area contributed by atoms with Crippen molar-refractivity contribution in [3.8, 4) is 0 Å². The lowest BCUT2D eigenvalue weighted by Crippen LogP contribution is -2.33. The van der Waals surface area contributed by atoms with Crippen molar-refractivity contribution >= 4 is 11.7 Å². The van der Waals surface area contributed by atoms with Gasteiger partial charge in [0.1, 0.15) is 5.82 Å². The first-order valence-electron chi connectivity index (χ1n) is 7.96. The predicted molar refractivity (Wildman–Crippen MR) is 93.8 cm³/mol. The molecule has 0 aliphatic heterocycles. The Balaban J connectivity index is 2.01. The molecule has 0 aliphatic carbocycles. The highest BCUT2D eigenvalue weighted by Gasteiger charge is 2.17. The molecule has 24 heavy (non-hydrogen) atoms. The minimum atomic E-state index is -0.357. The topological polar surface area (TPSA) is 87.1 Å². The Morgan fingerprint density at radius 3 is 2.33 bits per heavy atom. The summed E-state index contributed by atoms with van der Waals surface area (Å²) in [6.45, 7) is 6.08. The number of hydrogen-bond donors (Lipinski definition) is 3. The average molecular weight is 328 g/mol. The van der Waals surface area contributed by atoms with E-state index in [1.165, 1.54) is 0 Å². The smallest absolute Gasteiger partial charge is 0.319 e. The van der Waals surface area contributed by atoms with Gasteiger partial charge in [0, 0.05) is 12.0 Å². The first-order chi connectivity index (χ1) is 11.4. The number of rotatable bonds is 5. The van der Waals surface area contributed by atoms with Crippen LogP contribution in [0.3, 0.4) is 0 Å². The average Bonchev–Trinajstić information content (AvgIpc) is 2.55. The van der Waals surface area contributed by atoms with E-state index in [2.05, 4.69) is 20.6 Å². The molecule has 2 aromatic rings. The van der Waals surface area contributed by atoms with Crippen LogP contribution in [-0.2, 0) is 5.41 Å². The van der Waals surface area contributed by atoms with Gasteiger partial charge in [0.25, 0.3) is 0 Å². The van der Waals surface area contributed by atoms with E-state index in [0.717, 1.165) is 11.4 Å². The van der Waals surface area contributed by atoms with Gasteiger partial charge in [0.05, 0.1) is 24.1 Å². The third-order valence-corrected chi connectivity index (χ3v) is 3.51. The molecule has 0 aliphatic rings. The fourth-order valence-electron chi connectivity index (χ4n) is 2.24. The summed E-state index contributed by atoms with van der Waals surface area (Å²) in [7, 11) is 0. The molecular formula is C18H24N4O2. The summed E-state index contributed by atoms with van der Waals surface area (Å²) in [6.07, 6.45) is 3.63. The van der Waals surface area contributed by atoms with Crippen molar-refractivity contribution in [2.75, 3.05) is 11.9 Å². The van der Waals surface area contributed by atoms with Gasteiger partial charge in [-0.1, -0.05) is 51.1 Å². The number of amides is 2. The standard InChI is InChI=1S/C18H24N4O2/c1-18(2,3)16-19-11-14(12-20-16)21-17(24)22-15(9-10-23)13-7-5-4-6-8-13/h4-8,11-12,15,23H,9-10H2,1-3H3,(H2,21,22,24)/t15-/m1/s1. The summed E-state index contributed by atoms with van der Waals surface area (Å²) in [5.41, 5.74) is 1.33. The summed E-state index contributed by atoms with van der Waals surface area (Å²) in [6, 6.07) is 8.93. The van der Waals surface area contributed by atoms with Crippen LogP contribution >= 0.6 is 0 Å². The van der Waals surface area contributed by atoms with Gasteiger partial charge in [-0.3, -0.25) is 0 Å². The van der Waals surface area contributed by atoms with E-state index in [9.17, 15) is 9.90 Å². The fourth-order valence-corrected chi connectivity index (χ4v) is 2.24. The number of nitrogens with zero attached hydrogens (tertiary/aromatic N) is 2. The summed E-state index contributed by atoms with van der Waals surface area (Å²) < 4.78 is 0. The molecule has 0 saturated carbocycles. The normalized spacial score (nSPS) is 12.5. The summed E-state index contributed by atoms with van der Waals surface area (Å²) in [5, 5.41) is 14.8. The van der Waals surface area contributed by atoms with Gasteiger partial charge >= 0.3 is 6.03 Å². The Kier molecular flexibility index (Phi) is 5.87. The van der Waals surface area contributed by atoms with Crippen LogP contribution < -0.4 is 10.6 Å². The van der Waals surface area contributed by atoms with Crippen molar-refractivity contribution in [2.24, 2.45) is 0 Å². The number of aromatic nitrogens is 2. The summed E-state index contributed by atoms with van der Waals surface area (Å²) >= 11 is 0. The van der Waals surface area contributed by atoms with Gasteiger partial charge in [0.15, 0.2) is 0 Å². The van der Waals surface area contributed by atoms with E-state index in [-0.39, 0.29) is 24.1 Å². The number of nitrogens with one attached hydrogen (secondary N) is 2. The minimum absolute atomic E-state index is 0.0107. The zero-order valence-corrected chi connectivity index (χ0v) is 14.3. The van der Waals surface area contributed by atoms with Crippen LogP contribution in [0.15, 0.2) is 42.7 Å². The van der Waals surface area contributed by atoms with Gasteiger partial charge < -0.3 is 15.7 Å². The predicted octanol–water partition coefficient (Wildman–Crippen LogP) is 3.02. The quantitative estimate of drug-likeness (QED) is 0.787. The maximum atomic E-state index is 12.2. The molecule has 1 aromatic carbocycles. The van der Waals surface area contributed by atoms with E-state index in [1.807, 2.05) is 51.1 Å². The van der Waals surface area contributed by atoms with Crippen LogP contribution in [0.4, 0.5) is 10.5 Å². The SMILES string of the molecule is CC(C)(C)c1ncc(NC(=O)N[C@H](CCO)c2ccccc2)cn1. The second-order valence-corrected chi connectivity index (χ2v) is 6.62. The largest absolute Gasteiger partial charge is 0.396 e. The number of aliphatic hydroxyl groups is 1. The van der Waals surface area contributed by atoms with Crippen molar-refractivity contribution < 1.29 is 9.90 Å². The highest BCUT2D eigenvalue weighted by molar-refractivity contribution is 5.89. The van der Waals surface area contributed by atoms with E-state index in [0.29, 0.717) is 12.1 Å². The zero-order valence-electron chi connectivity index (χ0n) is 14.3. The number of benzene rings is 1. The summed E-state index contributed by atoms with van der Waals surface area (Å²) in [5.74, 6) is 0.718. The maximum absolute atomic E-state index is 12.2. The highest BCUT2D eigenvalue weighted by Crippen LogP contribution is 2.19. The third kappa shape index (κ3) is 5.03. The van der Waals surface area contributed by atoms with Crippen LogP contribution in [-0.4, -0.2) is 27.7 Å². The molecule has 6 heteroatoms. The van der Waals surface area contributed by atoms with Crippen molar-refractivity contribution in [3.05, 3.63) is 54.1 Å². The molecule has 6 nitrogen and oxygen atoms in total. The number of urea groups is 1. The molecule has 128 valence electrons. The number of carbonyl (C=O) groups excluding carboxylic acids is 1. The van der Waals surface area contributed by atoms with E-state index >= 15 is 0 Å². The molecule has 0 fully saturated rings. The van der Waals surface area contributed by atoms with Crippen molar-refractivity contribution in [3.63, 3.8) is 0 Å². The van der Waals surface area contributed by atoms with E-state index < -0.39 is 0 Å². The van der Waals surface area contributed by atoms with Gasteiger partial charge in [0.2, 0.25) is 0 Å². The number of aliphatic hydroxyl groups excluding tert-OH is 1. The zero-order chi connectivity index (χ0) is 17.6. The van der Waals surface area contributed by atoms with Crippen molar-refractivity contribution in [1.29, 1.82) is 0 Å². The third-order valence-electron chi connectivity index (χ3n) is 3.51. The van der Waals surface area contributed by atoms with Crippen LogP contribution in [0.5, 0.6) is 0 Å². The highest BCUT2D eigenvalue weighted by atomic mass is 16.3. The summed E-state index contributed by atoms with van der Waals surface area (Å²) in [4.78, 5) is 20.8. The second-order valence-electron chi connectivity index (χ2n) is 6.62. The Morgan fingerprint density at radius 2 is 1.79 bits per heavy atom. The first-order valence-corrected chi connectivity index (χ1v) is 7.96. The molecule has 0 bridgehead atoms. The maximum Gasteiger partial charge on any atom is 0.319 e. The fraction of sp³-hybridized carbons (Fsp3) is 0.389. The van der Waals surface area contributed by atoms with Crippen LogP contribution in [0, 0.1) is 0 Å². The van der Waals surface area contributed by atoms with E-state index in [4.69, 9.17) is 0 Å². The minimum Gasteiger partial charge on any atom is -0.396 e. The van der Waals surface area contributed by atoms with Gasteiger partial charge in [-0.2, -0.15) is 0 Å². The molecule has 1 aromatic heterocycles. The first kappa shape index (κ1) is 17.9. The molecule has 0 saturated heterocycles. The van der Waals surface area contributed by atoms with Crippen molar-refractivity contribution in [1.82, 2.24) is 15.3 Å². The number of hydrogen-bond acceptors (Lipinski definition) is 4. The lowest BCUT2D eigenvalue weighted by molar-refractivity contribution is 0.239. The Hall–Kier alpha value is -2.47. The molecule has 2 rings (SSSR count). The monoisotopic (exact) mass is 328 g/mol. The molecule has 3 N–H and O–H groups in total. The Labute approximate surface area is 142 Å². The molecule has 0 radical (unpaired) electrons. The van der Waals surface area contributed by atoms with Crippen LogP contribution in [0.1, 0.15) is 44.6 Å². The Bertz CT molecular complexity index is 651. The van der Waals surface area contributed by atoms with Gasteiger partial charge in [-0.05, 0) is 12.0 Å². The lowest BCUT2D eigenvalue weighted by Gasteiger charge is -2.19. The molecular weight excluding hydrogens is 304 g/mol. The van der Waals surface area contributed by atoms with Crippen LogP contribution in [0.25, 0.3) is 0 Å². The van der Waals surface area contributed by atoms with E-state index in [1.54, 1.807) is 12.4 Å². The number of anilines is 1. The molecule has 0 spiro atoms. The van der Waals surface area contributed by atoms with Gasteiger partial charge in [-0.15, -0.1) is 0 Å². The van der Waals surface area contributed by atoms with Crippen molar-refractivity contribution in [2.45, 2.75) is 38.6 Å². The Morgan fingerprint density at radius 1 is 1.17 bits per heavy atom.